The molecule has 12 aliphatic heterocycles. The lowest BCUT2D eigenvalue weighted by Crippen LogP contribution is -2.57. The van der Waals surface area contributed by atoms with E-state index in [-0.39, 0.29) is 26.1 Å². The zero-order valence-electron chi connectivity index (χ0n) is 70.4. The molecule has 1 aromatic carbocycles. The summed E-state index contributed by atoms with van der Waals surface area (Å²) in [6.45, 7) is 20.3. The van der Waals surface area contributed by atoms with Crippen molar-refractivity contribution in [1.82, 2.24) is 31.9 Å². The van der Waals surface area contributed by atoms with E-state index in [0.29, 0.717) is 5.56 Å². The van der Waals surface area contributed by atoms with E-state index in [9.17, 15) is 27.6 Å². The first kappa shape index (κ1) is 93.8. The molecule has 11 N–H and O–H groups in total. The fourth-order valence-electron chi connectivity index (χ4n) is 17.9. The van der Waals surface area contributed by atoms with E-state index in [4.69, 9.17) is 135 Å². The molecule has 1 aromatic rings. The summed E-state index contributed by atoms with van der Waals surface area (Å²) in [6, 6.07) is 1.41. The molecular formula is C77H115F3N8O33. The minimum absolute atomic E-state index is 0.00644. The van der Waals surface area contributed by atoms with Gasteiger partial charge in [-0.15, -0.1) is 0 Å². The summed E-state index contributed by atoms with van der Waals surface area (Å²) in [6.07, 6.45) is -31.9. The maximum atomic E-state index is 15.7. The Morgan fingerprint density at radius 2 is 0.603 bits per heavy atom. The maximum absolute atomic E-state index is 15.7. The SMILES string of the molecule is COC(=O)C[C@@H](NC(=O)C[C@H](NC(=O)C[C@@H](NC(=O)C[C@H](NC(=O)C[C@@H](NC(=O)C[C@H](NC(=O)OCc1ccccc1)[C@H]1O[C@H](CN)[C@H]2OC(C)(C)O[C@@H]12)[C@H]1O[C@H](OC)[C@H]2OC(C)(C)O[C@H]21)[C@H]1O[C@H](OC)[C@H]2OC(C)(C)O[C@H]21)[C@H]1O[C@H](CN)[C@H]2OC(C)(C)O[C@@H]12)[C@H]1O[C@H](OC)[C@H]2OC(C)(C)O[C@H]21)[C@H]1O[C@H](OC)[C@H]2OC(C)(C)O[C@H]21.O=C(O)C(F)(F)F. The number of alkyl halides is 3. The second-order valence-corrected chi connectivity index (χ2v) is 34.2. The van der Waals surface area contributed by atoms with Crippen LogP contribution in [0.4, 0.5) is 18.0 Å². The molecule has 6 amide bonds. The van der Waals surface area contributed by atoms with Gasteiger partial charge < -0.3 is 162 Å². The summed E-state index contributed by atoms with van der Waals surface area (Å²) in [5.74, 6) is -14.2. The predicted octanol–water partition coefficient (Wildman–Crippen LogP) is -0.0897. The van der Waals surface area contributed by atoms with Gasteiger partial charge in [-0.05, 0) is 88.6 Å². The Balaban J connectivity index is 0.00000183. The lowest BCUT2D eigenvalue weighted by Gasteiger charge is -2.33. The van der Waals surface area contributed by atoms with Gasteiger partial charge in [-0.25, -0.2) is 9.59 Å². The Labute approximate surface area is 696 Å². The number of carbonyl (C=O) groups excluding carboxylic acids is 7. The Morgan fingerprint density at radius 3 is 0.851 bits per heavy atom. The number of rotatable bonds is 32. The summed E-state index contributed by atoms with van der Waals surface area (Å²) < 4.78 is 181. The number of carbonyl (C=O) groups is 8. The molecule has 0 unspecified atom stereocenters. The highest BCUT2D eigenvalue weighted by Crippen LogP contribution is 2.47. The molecule has 0 aliphatic carbocycles. The van der Waals surface area contributed by atoms with Crippen LogP contribution in [0.5, 0.6) is 0 Å². The Morgan fingerprint density at radius 1 is 0.372 bits per heavy atom. The molecule has 682 valence electrons. The molecule has 41 nitrogen and oxygen atoms in total. The first-order chi connectivity index (χ1) is 56.8. The van der Waals surface area contributed by atoms with Crippen molar-refractivity contribution in [1.29, 1.82) is 0 Å². The van der Waals surface area contributed by atoms with Crippen LogP contribution in [0.3, 0.4) is 0 Å². The molecule has 0 radical (unpaired) electrons. The lowest BCUT2D eigenvalue weighted by atomic mass is 9.95. The summed E-state index contributed by atoms with van der Waals surface area (Å²) in [5.41, 5.74) is 13.3. The highest BCUT2D eigenvalue weighted by Gasteiger charge is 2.65. The fourth-order valence-corrected chi connectivity index (χ4v) is 17.9. The van der Waals surface area contributed by atoms with Gasteiger partial charge in [0.1, 0.15) is 116 Å². The number of halogens is 3. The largest absolute Gasteiger partial charge is 0.490 e. The van der Waals surface area contributed by atoms with Gasteiger partial charge in [-0.3, -0.25) is 28.8 Å². The maximum Gasteiger partial charge on any atom is 0.490 e. The van der Waals surface area contributed by atoms with Crippen LogP contribution in [0.2, 0.25) is 0 Å². The van der Waals surface area contributed by atoms with Gasteiger partial charge >= 0.3 is 24.2 Å². The number of hydrogen-bond donors (Lipinski definition) is 9. The smallest absolute Gasteiger partial charge is 0.475 e. The molecule has 121 heavy (non-hydrogen) atoms. The van der Waals surface area contributed by atoms with Crippen molar-refractivity contribution in [3.05, 3.63) is 35.9 Å². The van der Waals surface area contributed by atoms with E-state index in [0.717, 1.165) is 0 Å². The molecule has 12 aliphatic rings. The van der Waals surface area contributed by atoms with Crippen molar-refractivity contribution in [2.75, 3.05) is 48.6 Å². The molecule has 0 aromatic heterocycles. The number of hydrogen-bond acceptors (Lipinski definition) is 34. The van der Waals surface area contributed by atoms with Crippen LogP contribution in [-0.4, -0.2) is 326 Å². The van der Waals surface area contributed by atoms with Crippen LogP contribution in [0, 0.1) is 0 Å². The van der Waals surface area contributed by atoms with Gasteiger partial charge in [0.25, 0.3) is 0 Å². The number of amides is 6. The van der Waals surface area contributed by atoms with E-state index in [1.807, 2.05) is 6.07 Å². The van der Waals surface area contributed by atoms with Crippen LogP contribution in [0.15, 0.2) is 30.3 Å². The van der Waals surface area contributed by atoms with E-state index < -0.39 is 304 Å². The van der Waals surface area contributed by atoms with Gasteiger partial charge in [0.15, 0.2) is 59.9 Å². The van der Waals surface area contributed by atoms with Crippen LogP contribution >= 0.6 is 0 Å². The van der Waals surface area contributed by atoms with Crippen LogP contribution < -0.4 is 43.4 Å². The summed E-state index contributed by atoms with van der Waals surface area (Å²) in [4.78, 5) is 113. The minimum Gasteiger partial charge on any atom is -0.475 e. The monoisotopic (exact) mass is 1740 g/mol. The average molecular weight is 1740 g/mol. The fraction of sp³-hybridized carbons (Fsp3) is 0.818. The number of methoxy groups -OCH3 is 5. The number of esters is 1. The second kappa shape index (κ2) is 37.3. The van der Waals surface area contributed by atoms with Gasteiger partial charge in [0.05, 0.1) is 62.0 Å². The molecule has 0 saturated carbocycles. The molecule has 12 fully saturated rings. The molecule has 30 atom stereocenters. The summed E-state index contributed by atoms with van der Waals surface area (Å²) in [5, 5.41) is 25.0. The Bertz CT molecular complexity index is 3810. The van der Waals surface area contributed by atoms with Crippen LogP contribution in [0.1, 0.15) is 127 Å². The van der Waals surface area contributed by atoms with Crippen molar-refractivity contribution >= 4 is 47.6 Å². The number of ether oxygens (including phenoxy) is 24. The summed E-state index contributed by atoms with van der Waals surface area (Å²) in [7, 11) is 6.84. The predicted molar refractivity (Wildman–Crippen MR) is 398 cm³/mol. The van der Waals surface area contributed by atoms with E-state index in [2.05, 4.69) is 31.9 Å². The number of alkyl carbamates (subject to hydrolysis) is 1. The highest BCUT2D eigenvalue weighted by molar-refractivity contribution is 5.84. The van der Waals surface area contributed by atoms with Gasteiger partial charge in [0, 0.05) is 73.6 Å². The normalized spacial score (nSPS) is 37.0. The van der Waals surface area contributed by atoms with Crippen molar-refractivity contribution in [3.8, 4) is 0 Å². The minimum atomic E-state index is -5.08. The van der Waals surface area contributed by atoms with Gasteiger partial charge in [-0.1, -0.05) is 30.3 Å². The molecule has 0 spiro atoms. The molecular weight excluding hydrogens is 1620 g/mol. The van der Waals surface area contributed by atoms with Crippen molar-refractivity contribution in [3.63, 3.8) is 0 Å². The lowest BCUT2D eigenvalue weighted by molar-refractivity contribution is -0.230. The number of carboxylic acid groups (broad SMARTS) is 1. The van der Waals surface area contributed by atoms with Crippen molar-refractivity contribution in [2.24, 2.45) is 11.5 Å². The van der Waals surface area contributed by atoms with E-state index in [1.165, 1.54) is 35.5 Å². The highest BCUT2D eigenvalue weighted by atomic mass is 19.4. The third kappa shape index (κ3) is 21.8. The van der Waals surface area contributed by atoms with Crippen molar-refractivity contribution in [2.45, 2.75) is 353 Å². The first-order valence-electron chi connectivity index (χ1n) is 40.2. The quantitative estimate of drug-likeness (QED) is 0.0426. The average Bonchev–Trinajstić information content (AvgIpc) is 1.63. The number of nitrogens with one attached hydrogen (secondary N) is 6. The zero-order valence-corrected chi connectivity index (χ0v) is 70.4. The van der Waals surface area contributed by atoms with Crippen molar-refractivity contribution < 1.29 is 170 Å². The first-order valence-corrected chi connectivity index (χ1v) is 40.2. The Kier molecular flexibility index (Phi) is 28.9. The molecule has 12 saturated heterocycles. The van der Waals surface area contributed by atoms with E-state index >= 15 is 19.2 Å². The molecule has 44 heteroatoms. The van der Waals surface area contributed by atoms with Crippen LogP contribution in [-0.2, 0) is 154 Å². The number of benzene rings is 1. The van der Waals surface area contributed by atoms with Crippen LogP contribution in [0.25, 0.3) is 0 Å². The second-order valence-electron chi connectivity index (χ2n) is 34.2. The standard InChI is InChI=1S/C75H114N8O31.C2HF3O2/c1-70(2)103-53-39(29-76)97-47(55(53)105-70)33(23-41(84)79-36(51-59-63(67(94-16)101-51)113-74(9,10)109-59)26-44(87)82-38(28-46(89)91-13)52-60-64(68(95-17)102-52)114-75(11,12)110-60)78-42(85)24-34(49-57-61(65(92-14)99-49)111-72(5,6)107-57)80-43(86)25-35(50-58-62(66(93-15)100-50)112-73(7,8)108-58)81-45(88)27-37(83-69(90)96-31-32-21-19-18-20-22-32)48-56-54(40(30-77)98-48)104-71(3,4)106-56;3-2(4,5)1(6)7/h18-22,33-40,47-68H,23-31,76-77H2,1-17H3,(H,78,85)(H,79,84)(H,80,86)(H,81,88)(H,82,87)(H,83,90);(H,6,7)/t33-,34+,35-,36+,37+,38-,39-,40-,47-,48-,49-,50-,51-,52-,53-,54-,55+,56+,57+,58+,59+,60+,61+,62+,63+,64+,65+,66+,67+,68+;/m1./s1. The number of carboxylic acids is 1. The van der Waals surface area contributed by atoms with E-state index in [1.54, 1.807) is 107 Å². The van der Waals surface area contributed by atoms with Gasteiger partial charge in [0.2, 0.25) is 29.5 Å². The topological polar surface area (TPSA) is 503 Å². The third-order valence-corrected chi connectivity index (χ3v) is 22.5. The van der Waals surface area contributed by atoms with Gasteiger partial charge in [-0.2, -0.15) is 13.2 Å². The number of aliphatic carboxylic acids is 1. The summed E-state index contributed by atoms with van der Waals surface area (Å²) >= 11 is 0. The third-order valence-electron chi connectivity index (χ3n) is 22.5. The molecule has 13 rings (SSSR count). The molecule has 0 bridgehead atoms. The molecule has 12 heterocycles. The number of nitrogens with two attached hydrogens (primary N) is 2. The zero-order chi connectivity index (χ0) is 88.1. The number of fused-ring (bicyclic) bond motifs is 6. The Hall–Kier alpha value is -6.39.